The SMILES string of the molecule is CCCc1nc2ccc(Br)cc2c(=O)n1N=Cc1ccc(OCc2ccc(Br)cc2Br)cc1. The van der Waals surface area contributed by atoms with E-state index in [9.17, 15) is 4.79 Å². The van der Waals surface area contributed by atoms with Crippen LogP contribution in [0, 0.1) is 0 Å². The molecule has 0 aliphatic carbocycles. The van der Waals surface area contributed by atoms with Gasteiger partial charge in [-0.1, -0.05) is 60.8 Å². The average molecular weight is 634 g/mol. The van der Waals surface area contributed by atoms with Gasteiger partial charge in [0.1, 0.15) is 18.2 Å². The van der Waals surface area contributed by atoms with Crippen LogP contribution in [0.4, 0.5) is 0 Å². The number of benzene rings is 3. The van der Waals surface area contributed by atoms with Crippen LogP contribution in [0.3, 0.4) is 0 Å². The second-order valence-corrected chi connectivity index (χ2v) is 10.1. The highest BCUT2D eigenvalue weighted by Crippen LogP contribution is 2.23. The second kappa shape index (κ2) is 10.8. The molecule has 8 heteroatoms. The molecule has 0 unspecified atom stereocenters. The minimum atomic E-state index is -0.180. The topological polar surface area (TPSA) is 56.5 Å². The molecule has 0 bridgehead atoms. The fraction of sp³-hybridized carbons (Fsp3) is 0.160. The van der Waals surface area contributed by atoms with Crippen LogP contribution in [-0.4, -0.2) is 15.9 Å². The van der Waals surface area contributed by atoms with Crippen molar-refractivity contribution in [3.05, 3.63) is 101 Å². The maximum atomic E-state index is 13.1. The van der Waals surface area contributed by atoms with E-state index in [1.54, 1.807) is 12.3 Å². The molecule has 33 heavy (non-hydrogen) atoms. The zero-order valence-corrected chi connectivity index (χ0v) is 22.5. The van der Waals surface area contributed by atoms with Crippen LogP contribution in [0.15, 0.2) is 84.0 Å². The summed E-state index contributed by atoms with van der Waals surface area (Å²) in [5.41, 5.74) is 2.41. The lowest BCUT2D eigenvalue weighted by Gasteiger charge is -2.09. The van der Waals surface area contributed by atoms with E-state index in [-0.39, 0.29) is 5.56 Å². The van der Waals surface area contributed by atoms with E-state index < -0.39 is 0 Å². The van der Waals surface area contributed by atoms with Gasteiger partial charge in [-0.25, -0.2) is 4.98 Å². The van der Waals surface area contributed by atoms with Crippen molar-refractivity contribution in [2.75, 3.05) is 0 Å². The number of nitrogens with zero attached hydrogens (tertiary/aromatic N) is 3. The summed E-state index contributed by atoms with van der Waals surface area (Å²) in [4.78, 5) is 17.7. The zero-order chi connectivity index (χ0) is 23.4. The number of ether oxygens (including phenoxy) is 1. The Kier molecular flexibility index (Phi) is 7.78. The Balaban J connectivity index is 1.54. The molecule has 5 nitrogen and oxygen atoms in total. The van der Waals surface area contributed by atoms with Crippen molar-refractivity contribution in [2.24, 2.45) is 5.10 Å². The number of aromatic nitrogens is 2. The molecule has 0 fully saturated rings. The third-order valence-corrected chi connectivity index (χ3v) is 6.69. The van der Waals surface area contributed by atoms with Gasteiger partial charge in [0.05, 0.1) is 17.1 Å². The molecule has 0 N–H and O–H groups in total. The van der Waals surface area contributed by atoms with Crippen LogP contribution in [-0.2, 0) is 13.0 Å². The Bertz CT molecular complexity index is 1380. The van der Waals surface area contributed by atoms with Crippen LogP contribution in [0.2, 0.25) is 0 Å². The fourth-order valence-electron chi connectivity index (χ4n) is 3.27. The summed E-state index contributed by atoms with van der Waals surface area (Å²) in [6.45, 7) is 2.51. The van der Waals surface area contributed by atoms with Crippen molar-refractivity contribution in [2.45, 2.75) is 26.4 Å². The standard InChI is InChI=1S/C25H20Br3N3O2/c1-2-3-24-30-23-11-8-18(26)12-21(23)25(32)31(24)29-14-16-4-9-20(10-5-16)33-15-17-6-7-19(27)13-22(17)28/h4-14H,2-3,15H2,1H3. The molecule has 0 amide bonds. The van der Waals surface area contributed by atoms with E-state index in [1.807, 2.05) is 54.6 Å². The molecule has 0 saturated carbocycles. The Morgan fingerprint density at radius 3 is 2.45 bits per heavy atom. The molecule has 0 aliphatic heterocycles. The van der Waals surface area contributed by atoms with Gasteiger partial charge in [-0.05, 0) is 66.6 Å². The van der Waals surface area contributed by atoms with Gasteiger partial charge in [0.25, 0.3) is 5.56 Å². The molecule has 1 heterocycles. The summed E-state index contributed by atoms with van der Waals surface area (Å²) < 4.78 is 10.1. The van der Waals surface area contributed by atoms with E-state index in [2.05, 4.69) is 64.8 Å². The first-order valence-corrected chi connectivity index (χ1v) is 12.7. The largest absolute Gasteiger partial charge is 0.489 e. The summed E-state index contributed by atoms with van der Waals surface area (Å²) in [6, 6.07) is 19.1. The molecular weight excluding hydrogens is 614 g/mol. The summed E-state index contributed by atoms with van der Waals surface area (Å²) in [7, 11) is 0. The van der Waals surface area contributed by atoms with Gasteiger partial charge in [0, 0.05) is 25.4 Å². The maximum absolute atomic E-state index is 13.1. The van der Waals surface area contributed by atoms with Crippen molar-refractivity contribution >= 4 is 64.9 Å². The lowest BCUT2D eigenvalue weighted by atomic mass is 10.2. The number of halogens is 3. The Labute approximate surface area is 216 Å². The highest BCUT2D eigenvalue weighted by molar-refractivity contribution is 9.11. The van der Waals surface area contributed by atoms with Crippen molar-refractivity contribution in [1.82, 2.24) is 9.66 Å². The van der Waals surface area contributed by atoms with Crippen LogP contribution in [0.5, 0.6) is 5.75 Å². The molecule has 4 aromatic rings. The molecule has 3 aromatic carbocycles. The predicted octanol–water partition coefficient (Wildman–Crippen LogP) is 7.10. The molecule has 168 valence electrons. The molecule has 1 aromatic heterocycles. The quantitative estimate of drug-likeness (QED) is 0.204. The first kappa shape index (κ1) is 23.9. The van der Waals surface area contributed by atoms with E-state index in [0.29, 0.717) is 29.8 Å². The second-order valence-electron chi connectivity index (χ2n) is 7.39. The summed E-state index contributed by atoms with van der Waals surface area (Å²) in [5, 5.41) is 5.00. The van der Waals surface area contributed by atoms with Crippen LogP contribution in [0.25, 0.3) is 10.9 Å². The van der Waals surface area contributed by atoms with Gasteiger partial charge >= 0.3 is 0 Å². The average Bonchev–Trinajstić information content (AvgIpc) is 2.80. The van der Waals surface area contributed by atoms with Crippen LogP contribution >= 0.6 is 47.8 Å². The summed E-state index contributed by atoms with van der Waals surface area (Å²) in [5.74, 6) is 1.40. The van der Waals surface area contributed by atoms with Gasteiger partial charge in [0.15, 0.2) is 0 Å². The molecule has 0 spiro atoms. The minimum absolute atomic E-state index is 0.180. The van der Waals surface area contributed by atoms with E-state index in [0.717, 1.165) is 36.7 Å². The summed E-state index contributed by atoms with van der Waals surface area (Å²) >= 11 is 10.4. The highest BCUT2D eigenvalue weighted by atomic mass is 79.9. The number of aryl methyl sites for hydroxylation is 1. The lowest BCUT2D eigenvalue weighted by molar-refractivity contribution is 0.305. The molecule has 0 atom stereocenters. The van der Waals surface area contributed by atoms with E-state index in [1.165, 1.54) is 4.68 Å². The predicted molar refractivity (Wildman–Crippen MR) is 143 cm³/mol. The number of rotatable bonds is 7. The normalized spacial score (nSPS) is 11.4. The van der Waals surface area contributed by atoms with Gasteiger partial charge < -0.3 is 4.74 Å². The number of hydrogen-bond donors (Lipinski definition) is 0. The smallest absolute Gasteiger partial charge is 0.282 e. The minimum Gasteiger partial charge on any atom is -0.489 e. The maximum Gasteiger partial charge on any atom is 0.282 e. The molecular formula is C25H20Br3N3O2. The van der Waals surface area contributed by atoms with Crippen molar-refractivity contribution in [1.29, 1.82) is 0 Å². The highest BCUT2D eigenvalue weighted by Gasteiger charge is 2.10. The van der Waals surface area contributed by atoms with Gasteiger partial charge in [0.2, 0.25) is 0 Å². The Morgan fingerprint density at radius 1 is 1.00 bits per heavy atom. The van der Waals surface area contributed by atoms with Crippen molar-refractivity contribution in [3.8, 4) is 5.75 Å². The number of hydrogen-bond acceptors (Lipinski definition) is 4. The van der Waals surface area contributed by atoms with Gasteiger partial charge in [-0.2, -0.15) is 9.78 Å². The lowest BCUT2D eigenvalue weighted by Crippen LogP contribution is -2.22. The van der Waals surface area contributed by atoms with E-state index >= 15 is 0 Å². The van der Waals surface area contributed by atoms with Crippen molar-refractivity contribution in [3.63, 3.8) is 0 Å². The molecule has 4 rings (SSSR count). The molecule has 0 radical (unpaired) electrons. The third kappa shape index (κ3) is 5.80. The third-order valence-electron chi connectivity index (χ3n) is 4.96. The first-order chi connectivity index (χ1) is 15.9. The molecule has 0 saturated heterocycles. The zero-order valence-electron chi connectivity index (χ0n) is 17.8. The Hall–Kier alpha value is -2.29. The van der Waals surface area contributed by atoms with Crippen LogP contribution in [0.1, 0.15) is 30.3 Å². The Morgan fingerprint density at radius 2 is 1.73 bits per heavy atom. The summed E-state index contributed by atoms with van der Waals surface area (Å²) in [6.07, 6.45) is 3.20. The van der Waals surface area contributed by atoms with Gasteiger partial charge in [-0.15, -0.1) is 0 Å². The van der Waals surface area contributed by atoms with Crippen molar-refractivity contribution < 1.29 is 4.74 Å². The number of fused-ring (bicyclic) bond motifs is 1. The monoisotopic (exact) mass is 631 g/mol. The molecule has 0 aliphatic rings. The first-order valence-electron chi connectivity index (χ1n) is 10.4. The van der Waals surface area contributed by atoms with Crippen LogP contribution < -0.4 is 10.3 Å². The van der Waals surface area contributed by atoms with E-state index in [4.69, 9.17) is 4.74 Å². The van der Waals surface area contributed by atoms with Gasteiger partial charge in [-0.3, -0.25) is 4.79 Å². The fourth-order valence-corrected chi connectivity index (χ4v) is 4.80.